The number of rotatable bonds is 3. The molecule has 0 bridgehead atoms. The summed E-state index contributed by atoms with van der Waals surface area (Å²) in [6, 6.07) is 3.94. The molecule has 1 atom stereocenters. The fourth-order valence-corrected chi connectivity index (χ4v) is 2.33. The van der Waals surface area contributed by atoms with Gasteiger partial charge in [0.25, 0.3) is 0 Å². The highest BCUT2D eigenvalue weighted by atomic mass is 19.1. The number of piperazine rings is 1. The first-order valence-electron chi connectivity index (χ1n) is 6.72. The lowest BCUT2D eigenvalue weighted by molar-refractivity contribution is -0.155. The zero-order valence-electron chi connectivity index (χ0n) is 12.6. The third-order valence-corrected chi connectivity index (χ3v) is 3.77. The molecule has 114 valence electrons. The van der Waals surface area contributed by atoms with Crippen molar-refractivity contribution in [1.29, 1.82) is 0 Å². The maximum absolute atomic E-state index is 13.7. The molecule has 2 rings (SSSR count). The first-order valence-corrected chi connectivity index (χ1v) is 6.72. The Kier molecular flexibility index (Phi) is 3.89. The van der Waals surface area contributed by atoms with Crippen molar-refractivity contribution in [2.75, 3.05) is 7.11 Å². The van der Waals surface area contributed by atoms with Gasteiger partial charge in [-0.3, -0.25) is 9.59 Å². The Labute approximate surface area is 123 Å². The molecular formula is C15H19FN2O3. The Morgan fingerprint density at radius 1 is 1.38 bits per heavy atom. The van der Waals surface area contributed by atoms with Gasteiger partial charge in [-0.05, 0) is 38.5 Å². The second-order valence-electron chi connectivity index (χ2n) is 5.65. The molecule has 0 aromatic heterocycles. The summed E-state index contributed by atoms with van der Waals surface area (Å²) in [7, 11) is 1.39. The molecule has 21 heavy (non-hydrogen) atoms. The number of carbonyl (C=O) groups is 2. The lowest BCUT2D eigenvalue weighted by Crippen LogP contribution is -2.67. The highest BCUT2D eigenvalue weighted by molar-refractivity contribution is 5.99. The molecule has 1 aliphatic rings. The predicted octanol–water partition coefficient (Wildman–Crippen LogP) is 1.46. The molecule has 6 heteroatoms. The number of hydrogen-bond acceptors (Lipinski definition) is 3. The summed E-state index contributed by atoms with van der Waals surface area (Å²) < 4.78 is 18.6. The van der Waals surface area contributed by atoms with Crippen molar-refractivity contribution in [2.45, 2.75) is 38.9 Å². The van der Waals surface area contributed by atoms with Gasteiger partial charge in [-0.1, -0.05) is 6.07 Å². The smallest absolute Gasteiger partial charge is 0.246 e. The molecule has 0 aliphatic carbocycles. The second-order valence-corrected chi connectivity index (χ2v) is 5.65. The van der Waals surface area contributed by atoms with Crippen molar-refractivity contribution in [1.82, 2.24) is 10.2 Å². The number of nitrogens with one attached hydrogen (secondary N) is 1. The number of ether oxygens (including phenoxy) is 1. The molecule has 1 unspecified atom stereocenters. The number of amides is 2. The normalized spacial score (nSPS) is 21.2. The van der Waals surface area contributed by atoms with Crippen LogP contribution in [0, 0.1) is 5.82 Å². The Hall–Kier alpha value is -2.11. The Morgan fingerprint density at radius 2 is 2.05 bits per heavy atom. The summed E-state index contributed by atoms with van der Waals surface area (Å²) in [6.07, 6.45) is 0. The van der Waals surface area contributed by atoms with E-state index in [-0.39, 0.29) is 24.1 Å². The van der Waals surface area contributed by atoms with Gasteiger partial charge in [-0.25, -0.2) is 4.39 Å². The molecule has 0 spiro atoms. The number of hydrogen-bond donors (Lipinski definition) is 1. The minimum absolute atomic E-state index is 0.147. The summed E-state index contributed by atoms with van der Waals surface area (Å²) in [4.78, 5) is 25.8. The molecule has 1 aliphatic heterocycles. The van der Waals surface area contributed by atoms with Crippen LogP contribution in [-0.4, -0.2) is 35.4 Å². The van der Waals surface area contributed by atoms with Gasteiger partial charge in [0.05, 0.1) is 7.11 Å². The van der Waals surface area contributed by atoms with E-state index < -0.39 is 17.4 Å². The largest absolute Gasteiger partial charge is 0.494 e. The topological polar surface area (TPSA) is 58.6 Å². The minimum Gasteiger partial charge on any atom is -0.494 e. The van der Waals surface area contributed by atoms with Gasteiger partial charge in [-0.2, -0.15) is 0 Å². The van der Waals surface area contributed by atoms with Gasteiger partial charge in [-0.15, -0.1) is 0 Å². The van der Waals surface area contributed by atoms with Crippen LogP contribution in [0.1, 0.15) is 26.3 Å². The quantitative estimate of drug-likeness (QED) is 0.918. The lowest BCUT2D eigenvalue weighted by atomic mass is 9.95. The first kappa shape index (κ1) is 15.3. The van der Waals surface area contributed by atoms with Crippen molar-refractivity contribution < 1.29 is 18.7 Å². The highest BCUT2D eigenvalue weighted by Crippen LogP contribution is 2.25. The maximum atomic E-state index is 13.7. The second kappa shape index (κ2) is 5.35. The highest BCUT2D eigenvalue weighted by Gasteiger charge is 2.44. The Bertz CT molecular complexity index is 586. The molecule has 5 nitrogen and oxygen atoms in total. The summed E-state index contributed by atoms with van der Waals surface area (Å²) >= 11 is 0. The molecule has 1 N–H and O–H groups in total. The van der Waals surface area contributed by atoms with Crippen molar-refractivity contribution >= 4 is 11.8 Å². The molecular weight excluding hydrogens is 275 g/mol. The number of halogens is 1. The van der Waals surface area contributed by atoms with E-state index in [9.17, 15) is 14.0 Å². The van der Waals surface area contributed by atoms with E-state index >= 15 is 0 Å². The van der Waals surface area contributed by atoms with Crippen LogP contribution >= 0.6 is 0 Å². The van der Waals surface area contributed by atoms with E-state index in [2.05, 4.69) is 5.32 Å². The van der Waals surface area contributed by atoms with Gasteiger partial charge in [0.15, 0.2) is 11.6 Å². The molecule has 1 aromatic rings. The van der Waals surface area contributed by atoms with Crippen LogP contribution in [0.15, 0.2) is 18.2 Å². The Morgan fingerprint density at radius 3 is 2.62 bits per heavy atom. The van der Waals surface area contributed by atoms with E-state index in [0.29, 0.717) is 5.56 Å². The minimum atomic E-state index is -0.972. The molecule has 1 saturated heterocycles. The zero-order valence-corrected chi connectivity index (χ0v) is 12.6. The van der Waals surface area contributed by atoms with Crippen LogP contribution in [0.3, 0.4) is 0 Å². The van der Waals surface area contributed by atoms with E-state index in [1.165, 1.54) is 24.1 Å². The van der Waals surface area contributed by atoms with E-state index in [1.807, 2.05) is 0 Å². The number of methoxy groups -OCH3 is 1. The molecule has 1 fully saturated rings. The van der Waals surface area contributed by atoms with Gasteiger partial charge >= 0.3 is 0 Å². The molecule has 1 aromatic carbocycles. The van der Waals surface area contributed by atoms with E-state index in [0.717, 1.165) is 0 Å². The average Bonchev–Trinajstić information content (AvgIpc) is 2.42. The molecule has 1 heterocycles. The predicted molar refractivity (Wildman–Crippen MR) is 75.2 cm³/mol. The standard InChI is InChI=1S/C15H19FN2O3/c1-9-13(19)18(15(2,3)14(20)17-9)8-10-5-6-12(21-4)11(16)7-10/h5-7,9H,8H2,1-4H3,(H,17,20). The van der Waals surface area contributed by atoms with Crippen molar-refractivity contribution in [3.8, 4) is 5.75 Å². The van der Waals surface area contributed by atoms with Crippen molar-refractivity contribution in [2.24, 2.45) is 0 Å². The summed E-state index contributed by atoms with van der Waals surface area (Å²) in [5, 5.41) is 2.64. The molecule has 0 radical (unpaired) electrons. The third kappa shape index (κ3) is 2.70. The average molecular weight is 294 g/mol. The number of benzene rings is 1. The monoisotopic (exact) mass is 294 g/mol. The summed E-state index contributed by atoms with van der Waals surface area (Å²) in [5.41, 5.74) is -0.364. The summed E-state index contributed by atoms with van der Waals surface area (Å²) in [6.45, 7) is 5.15. The number of nitrogens with zero attached hydrogens (tertiary/aromatic N) is 1. The fourth-order valence-electron chi connectivity index (χ4n) is 2.33. The van der Waals surface area contributed by atoms with Crippen LogP contribution in [0.25, 0.3) is 0 Å². The maximum Gasteiger partial charge on any atom is 0.246 e. The summed E-state index contributed by atoms with van der Waals surface area (Å²) in [5.74, 6) is -0.747. The van der Waals surface area contributed by atoms with Crippen LogP contribution in [0.4, 0.5) is 4.39 Å². The molecule has 0 saturated carbocycles. The fraction of sp³-hybridized carbons (Fsp3) is 0.467. The molecule has 2 amide bonds. The first-order chi connectivity index (χ1) is 9.77. The van der Waals surface area contributed by atoms with Crippen LogP contribution in [0.5, 0.6) is 5.75 Å². The third-order valence-electron chi connectivity index (χ3n) is 3.77. The lowest BCUT2D eigenvalue weighted by Gasteiger charge is -2.43. The van der Waals surface area contributed by atoms with Crippen molar-refractivity contribution in [3.05, 3.63) is 29.6 Å². The SMILES string of the molecule is COc1ccc(CN2C(=O)C(C)NC(=O)C2(C)C)cc1F. The zero-order chi connectivity index (χ0) is 15.8. The Balaban J connectivity index is 2.29. The number of carbonyl (C=O) groups excluding carboxylic acids is 2. The van der Waals surface area contributed by atoms with Crippen LogP contribution < -0.4 is 10.1 Å². The van der Waals surface area contributed by atoms with Crippen LogP contribution in [0.2, 0.25) is 0 Å². The van der Waals surface area contributed by atoms with Gasteiger partial charge < -0.3 is 15.0 Å². The van der Waals surface area contributed by atoms with E-state index in [4.69, 9.17) is 4.74 Å². The van der Waals surface area contributed by atoms with Crippen LogP contribution in [-0.2, 0) is 16.1 Å². The van der Waals surface area contributed by atoms with Crippen molar-refractivity contribution in [3.63, 3.8) is 0 Å². The van der Waals surface area contributed by atoms with Gasteiger partial charge in [0.2, 0.25) is 11.8 Å². The van der Waals surface area contributed by atoms with Gasteiger partial charge in [0, 0.05) is 6.54 Å². The van der Waals surface area contributed by atoms with E-state index in [1.54, 1.807) is 26.8 Å². The van der Waals surface area contributed by atoms with Gasteiger partial charge in [0.1, 0.15) is 11.6 Å².